The summed E-state index contributed by atoms with van der Waals surface area (Å²) >= 11 is 0. The highest BCUT2D eigenvalue weighted by Crippen LogP contribution is 2.34. The molecular weight excluding hydrogens is 260 g/mol. The molecule has 0 aliphatic rings. The molecule has 3 heteroatoms. The van der Waals surface area contributed by atoms with Crippen molar-refractivity contribution < 1.29 is 4.79 Å². The van der Waals surface area contributed by atoms with E-state index in [1.807, 2.05) is 30.3 Å². The Morgan fingerprint density at radius 2 is 1.57 bits per heavy atom. The number of benzene rings is 1. The number of nitrogens with one attached hydrogen (secondary N) is 2. The van der Waals surface area contributed by atoms with Crippen LogP contribution in [0.1, 0.15) is 41.5 Å². The number of carbonyl (C=O) groups is 1. The second kappa shape index (κ2) is 6.33. The zero-order valence-electron chi connectivity index (χ0n) is 14.1. The number of urea groups is 1. The minimum atomic E-state index is -0.202. The Morgan fingerprint density at radius 3 is 2.00 bits per heavy atom. The standard InChI is InChI=1S/C18H28N2O/c1-13(17(2,3)4)15(18(5,6)7)20-16(21)19-14-11-9-8-10-12-14/h8-12,15H,1H2,2-7H3,(H2,19,20,21). The molecule has 116 valence electrons. The maximum Gasteiger partial charge on any atom is 0.319 e. The van der Waals surface area contributed by atoms with Crippen LogP contribution in [0.15, 0.2) is 42.5 Å². The Kier molecular flexibility index (Phi) is 5.21. The van der Waals surface area contributed by atoms with Gasteiger partial charge in [0.15, 0.2) is 0 Å². The van der Waals surface area contributed by atoms with Crippen LogP contribution in [-0.4, -0.2) is 12.1 Å². The van der Waals surface area contributed by atoms with Gasteiger partial charge >= 0.3 is 6.03 Å². The molecule has 1 atom stereocenters. The van der Waals surface area contributed by atoms with E-state index in [1.165, 1.54) is 0 Å². The fourth-order valence-electron chi connectivity index (χ4n) is 2.08. The highest BCUT2D eigenvalue weighted by molar-refractivity contribution is 5.89. The molecule has 21 heavy (non-hydrogen) atoms. The van der Waals surface area contributed by atoms with E-state index in [0.29, 0.717) is 0 Å². The zero-order chi connectivity index (χ0) is 16.3. The summed E-state index contributed by atoms with van der Waals surface area (Å²) in [5.74, 6) is 0. The molecule has 2 N–H and O–H groups in total. The first-order chi connectivity index (χ1) is 9.51. The van der Waals surface area contributed by atoms with Crippen LogP contribution in [0.4, 0.5) is 10.5 Å². The highest BCUT2D eigenvalue weighted by Gasteiger charge is 2.33. The van der Waals surface area contributed by atoms with Crippen LogP contribution in [0.2, 0.25) is 0 Å². The van der Waals surface area contributed by atoms with Gasteiger partial charge in [-0.3, -0.25) is 0 Å². The summed E-state index contributed by atoms with van der Waals surface area (Å²) in [6.07, 6.45) is 0. The molecular formula is C18H28N2O. The lowest BCUT2D eigenvalue weighted by Crippen LogP contribution is -2.48. The highest BCUT2D eigenvalue weighted by atomic mass is 16.2. The quantitative estimate of drug-likeness (QED) is 0.769. The van der Waals surface area contributed by atoms with Crippen LogP contribution >= 0.6 is 0 Å². The third-order valence-corrected chi connectivity index (χ3v) is 3.48. The summed E-state index contributed by atoms with van der Waals surface area (Å²) < 4.78 is 0. The molecule has 0 saturated heterocycles. The second-order valence-electron chi connectivity index (χ2n) is 7.54. The second-order valence-corrected chi connectivity index (χ2v) is 7.54. The Morgan fingerprint density at radius 1 is 1.05 bits per heavy atom. The minimum absolute atomic E-state index is 0.0576. The van der Waals surface area contributed by atoms with E-state index in [-0.39, 0.29) is 22.9 Å². The summed E-state index contributed by atoms with van der Waals surface area (Å²) in [5, 5.41) is 5.92. The molecule has 1 rings (SSSR count). The topological polar surface area (TPSA) is 41.1 Å². The lowest BCUT2D eigenvalue weighted by atomic mass is 9.73. The van der Waals surface area contributed by atoms with Crippen molar-refractivity contribution in [3.63, 3.8) is 0 Å². The van der Waals surface area contributed by atoms with Gasteiger partial charge < -0.3 is 10.6 Å². The Bertz CT molecular complexity index is 492. The van der Waals surface area contributed by atoms with Crippen molar-refractivity contribution in [2.75, 3.05) is 5.32 Å². The first kappa shape index (κ1) is 17.3. The average Bonchev–Trinajstić information content (AvgIpc) is 2.34. The van der Waals surface area contributed by atoms with Crippen molar-refractivity contribution >= 4 is 11.7 Å². The van der Waals surface area contributed by atoms with Crippen molar-refractivity contribution in [2.24, 2.45) is 10.8 Å². The van der Waals surface area contributed by atoms with Crippen LogP contribution in [0.3, 0.4) is 0 Å². The molecule has 0 spiro atoms. The summed E-state index contributed by atoms with van der Waals surface area (Å²) in [6.45, 7) is 16.9. The van der Waals surface area contributed by atoms with E-state index in [1.54, 1.807) is 0 Å². The van der Waals surface area contributed by atoms with Crippen molar-refractivity contribution in [3.05, 3.63) is 42.5 Å². The van der Waals surface area contributed by atoms with E-state index in [0.717, 1.165) is 11.3 Å². The maximum absolute atomic E-state index is 12.2. The Balaban J connectivity index is 2.83. The van der Waals surface area contributed by atoms with Gasteiger partial charge in [0.05, 0.1) is 6.04 Å². The van der Waals surface area contributed by atoms with Gasteiger partial charge in [0.2, 0.25) is 0 Å². The summed E-state index contributed by atoms with van der Waals surface area (Å²) in [6, 6.07) is 9.14. The van der Waals surface area contributed by atoms with Gasteiger partial charge in [0.1, 0.15) is 0 Å². The van der Waals surface area contributed by atoms with Gasteiger partial charge in [0, 0.05) is 5.69 Å². The fraction of sp³-hybridized carbons (Fsp3) is 0.500. The number of hydrogen-bond donors (Lipinski definition) is 2. The van der Waals surface area contributed by atoms with Gasteiger partial charge in [-0.1, -0.05) is 66.3 Å². The minimum Gasteiger partial charge on any atom is -0.331 e. The van der Waals surface area contributed by atoms with E-state index < -0.39 is 0 Å². The number of hydrogen-bond acceptors (Lipinski definition) is 1. The monoisotopic (exact) mass is 288 g/mol. The van der Waals surface area contributed by atoms with Gasteiger partial charge in [-0.2, -0.15) is 0 Å². The van der Waals surface area contributed by atoms with Crippen molar-refractivity contribution in [3.8, 4) is 0 Å². The molecule has 1 aromatic rings. The van der Waals surface area contributed by atoms with Gasteiger partial charge in [-0.25, -0.2) is 4.79 Å². The number of amides is 2. The van der Waals surface area contributed by atoms with Crippen molar-refractivity contribution in [2.45, 2.75) is 47.6 Å². The molecule has 0 aromatic heterocycles. The normalized spacial score (nSPS) is 13.4. The summed E-state index contributed by atoms with van der Waals surface area (Å²) in [7, 11) is 0. The molecule has 3 nitrogen and oxygen atoms in total. The van der Waals surface area contributed by atoms with Crippen molar-refractivity contribution in [1.29, 1.82) is 0 Å². The first-order valence-electron chi connectivity index (χ1n) is 7.33. The van der Waals surface area contributed by atoms with E-state index in [9.17, 15) is 4.79 Å². The SMILES string of the molecule is C=C(C(NC(=O)Nc1ccccc1)C(C)(C)C)C(C)(C)C. The molecule has 2 amide bonds. The smallest absolute Gasteiger partial charge is 0.319 e. The third-order valence-electron chi connectivity index (χ3n) is 3.48. The average molecular weight is 288 g/mol. The Labute approximate surface area is 128 Å². The molecule has 0 aliphatic carbocycles. The first-order valence-corrected chi connectivity index (χ1v) is 7.33. The largest absolute Gasteiger partial charge is 0.331 e. The molecule has 0 fully saturated rings. The number of para-hydroxylation sites is 1. The lowest BCUT2D eigenvalue weighted by Gasteiger charge is -2.38. The van der Waals surface area contributed by atoms with E-state index >= 15 is 0 Å². The van der Waals surface area contributed by atoms with E-state index in [2.05, 4.69) is 58.8 Å². The third kappa shape index (κ3) is 5.25. The van der Waals surface area contributed by atoms with Crippen LogP contribution in [0.5, 0.6) is 0 Å². The maximum atomic E-state index is 12.2. The Hall–Kier alpha value is -1.77. The van der Waals surface area contributed by atoms with Crippen LogP contribution in [0.25, 0.3) is 0 Å². The van der Waals surface area contributed by atoms with Crippen molar-refractivity contribution in [1.82, 2.24) is 5.32 Å². The predicted molar refractivity (Wildman–Crippen MR) is 90.4 cm³/mol. The summed E-state index contributed by atoms with van der Waals surface area (Å²) in [4.78, 5) is 12.2. The molecule has 0 aliphatic heterocycles. The van der Waals surface area contributed by atoms with Crippen LogP contribution in [0, 0.1) is 10.8 Å². The van der Waals surface area contributed by atoms with Gasteiger partial charge in [-0.05, 0) is 28.5 Å². The lowest BCUT2D eigenvalue weighted by molar-refractivity contribution is 0.229. The fourth-order valence-corrected chi connectivity index (χ4v) is 2.08. The van der Waals surface area contributed by atoms with Crippen LogP contribution < -0.4 is 10.6 Å². The molecule has 1 aromatic carbocycles. The van der Waals surface area contributed by atoms with Crippen LogP contribution in [-0.2, 0) is 0 Å². The summed E-state index contributed by atoms with van der Waals surface area (Å²) in [5.41, 5.74) is 1.65. The number of carbonyl (C=O) groups excluding carboxylic acids is 1. The zero-order valence-corrected chi connectivity index (χ0v) is 14.1. The molecule has 0 bridgehead atoms. The number of anilines is 1. The molecule has 0 heterocycles. The molecule has 1 unspecified atom stereocenters. The number of rotatable bonds is 3. The molecule has 0 radical (unpaired) electrons. The van der Waals surface area contributed by atoms with Gasteiger partial charge in [-0.15, -0.1) is 0 Å². The predicted octanol–water partition coefficient (Wildman–Crippen LogP) is 4.83. The molecule has 0 saturated carbocycles. The van der Waals surface area contributed by atoms with E-state index in [4.69, 9.17) is 0 Å². The van der Waals surface area contributed by atoms with Gasteiger partial charge in [0.25, 0.3) is 0 Å².